The van der Waals surface area contributed by atoms with Gasteiger partial charge in [-0.3, -0.25) is 9.36 Å². The van der Waals surface area contributed by atoms with Crippen molar-refractivity contribution in [3.63, 3.8) is 0 Å². The molecule has 9 nitrogen and oxygen atoms in total. The van der Waals surface area contributed by atoms with Gasteiger partial charge >= 0.3 is 5.97 Å². The van der Waals surface area contributed by atoms with Crippen molar-refractivity contribution in [2.24, 2.45) is 0 Å². The summed E-state index contributed by atoms with van der Waals surface area (Å²) < 4.78 is 18.0. The minimum atomic E-state index is -0.491. The van der Waals surface area contributed by atoms with Gasteiger partial charge in [-0.05, 0) is 61.5 Å². The molecule has 1 aromatic heterocycles. The minimum absolute atomic E-state index is 0.0320. The fourth-order valence-electron chi connectivity index (χ4n) is 3.42. The molecule has 0 saturated carbocycles. The molecule has 4 aromatic rings. The van der Waals surface area contributed by atoms with E-state index in [1.54, 1.807) is 20.1 Å². The van der Waals surface area contributed by atoms with E-state index >= 15 is 0 Å². The number of methoxy groups -OCH3 is 1. The Labute approximate surface area is 229 Å². The van der Waals surface area contributed by atoms with Crippen molar-refractivity contribution in [2.45, 2.75) is 18.7 Å². The molecule has 0 saturated heterocycles. The second-order valence-electron chi connectivity index (χ2n) is 7.79. The van der Waals surface area contributed by atoms with Crippen LogP contribution in [0.5, 0.6) is 11.5 Å². The molecular formula is C27H25ClN4O5S. The third kappa shape index (κ3) is 6.84. The van der Waals surface area contributed by atoms with E-state index in [1.807, 2.05) is 59.2 Å². The van der Waals surface area contributed by atoms with E-state index in [0.717, 1.165) is 11.4 Å². The first-order chi connectivity index (χ1) is 18.5. The van der Waals surface area contributed by atoms with Gasteiger partial charge in [0.15, 0.2) is 11.0 Å². The fourth-order valence-corrected chi connectivity index (χ4v) is 4.36. The number of rotatable bonds is 11. The zero-order valence-corrected chi connectivity index (χ0v) is 22.3. The molecule has 0 unspecified atom stereocenters. The van der Waals surface area contributed by atoms with Gasteiger partial charge in [0.25, 0.3) is 0 Å². The van der Waals surface area contributed by atoms with E-state index in [0.29, 0.717) is 33.0 Å². The Bertz CT molecular complexity index is 1400. The molecule has 1 heterocycles. The second-order valence-corrected chi connectivity index (χ2v) is 9.14. The number of halogens is 1. The summed E-state index contributed by atoms with van der Waals surface area (Å²) in [6, 6.07) is 21.4. The summed E-state index contributed by atoms with van der Waals surface area (Å²) in [5, 5.41) is 12.2. The van der Waals surface area contributed by atoms with Gasteiger partial charge in [0.05, 0.1) is 35.7 Å². The number of ether oxygens (including phenoxy) is 3. The maximum absolute atomic E-state index is 12.8. The summed E-state index contributed by atoms with van der Waals surface area (Å²) in [4.78, 5) is 24.8. The van der Waals surface area contributed by atoms with Crippen LogP contribution in [-0.2, 0) is 16.1 Å². The largest absolute Gasteiger partial charge is 0.497 e. The number of carbonyl (C=O) groups is 2. The number of amides is 1. The molecule has 0 fully saturated rings. The Morgan fingerprint density at radius 1 is 1.00 bits per heavy atom. The van der Waals surface area contributed by atoms with Crippen LogP contribution in [0, 0.1) is 0 Å². The van der Waals surface area contributed by atoms with Crippen LogP contribution in [0.4, 0.5) is 5.69 Å². The fraction of sp³-hybridized carbons (Fsp3) is 0.185. The first-order valence-corrected chi connectivity index (χ1v) is 13.0. The number of nitrogens with one attached hydrogen (secondary N) is 1. The summed E-state index contributed by atoms with van der Waals surface area (Å²) in [5.41, 5.74) is 1.45. The number of para-hydroxylation sites is 1. The second kappa shape index (κ2) is 13.0. The number of carbonyl (C=O) groups excluding carboxylic acids is 2. The molecule has 1 amide bonds. The molecule has 0 aliphatic heterocycles. The van der Waals surface area contributed by atoms with Crippen molar-refractivity contribution in [3.05, 3.63) is 89.2 Å². The van der Waals surface area contributed by atoms with Gasteiger partial charge in [-0.25, -0.2) is 4.79 Å². The highest BCUT2D eigenvalue weighted by atomic mass is 35.5. The lowest BCUT2D eigenvalue weighted by Crippen LogP contribution is -2.16. The predicted octanol–water partition coefficient (Wildman–Crippen LogP) is 5.42. The minimum Gasteiger partial charge on any atom is -0.497 e. The van der Waals surface area contributed by atoms with E-state index in [-0.39, 0.29) is 24.9 Å². The van der Waals surface area contributed by atoms with Crippen LogP contribution < -0.4 is 14.8 Å². The van der Waals surface area contributed by atoms with Crippen LogP contribution in [0.1, 0.15) is 23.1 Å². The summed E-state index contributed by atoms with van der Waals surface area (Å²) in [6.45, 7) is 2.13. The van der Waals surface area contributed by atoms with Gasteiger partial charge in [-0.2, -0.15) is 0 Å². The smallest absolute Gasteiger partial charge is 0.338 e. The molecule has 1 N–H and O–H groups in total. The maximum Gasteiger partial charge on any atom is 0.338 e. The van der Waals surface area contributed by atoms with Gasteiger partial charge in [0.2, 0.25) is 5.91 Å². The van der Waals surface area contributed by atoms with Gasteiger partial charge in [0, 0.05) is 5.69 Å². The number of benzene rings is 3. The third-order valence-corrected chi connectivity index (χ3v) is 6.48. The van der Waals surface area contributed by atoms with Crippen LogP contribution in [0.25, 0.3) is 5.69 Å². The van der Waals surface area contributed by atoms with Crippen molar-refractivity contribution >= 4 is 40.9 Å². The summed E-state index contributed by atoms with van der Waals surface area (Å²) in [5.74, 6) is 1.18. The van der Waals surface area contributed by atoms with Crippen molar-refractivity contribution in [3.8, 4) is 17.2 Å². The van der Waals surface area contributed by atoms with Gasteiger partial charge in [0.1, 0.15) is 18.1 Å². The number of nitrogens with zero attached hydrogens (tertiary/aromatic N) is 3. The van der Waals surface area contributed by atoms with Crippen LogP contribution in [0.15, 0.2) is 78.0 Å². The standard InChI is InChI=1S/C27H25ClN4O5S/c1-3-36-26(34)18-9-14-22(28)23(15-18)29-25(33)17-38-27-31-30-24(32(27)19-7-5-4-6-8-19)16-37-21-12-10-20(35-2)11-13-21/h4-15H,3,16-17H2,1-2H3,(H,29,33). The van der Waals surface area contributed by atoms with E-state index < -0.39 is 5.97 Å². The maximum atomic E-state index is 12.8. The molecule has 0 aliphatic carbocycles. The average Bonchev–Trinajstić information content (AvgIpc) is 3.35. The molecule has 0 atom stereocenters. The summed E-state index contributed by atoms with van der Waals surface area (Å²) in [6.07, 6.45) is 0. The predicted molar refractivity (Wildman–Crippen MR) is 145 cm³/mol. The molecule has 0 spiro atoms. The van der Waals surface area contributed by atoms with Crippen LogP contribution in [-0.4, -0.2) is 46.1 Å². The normalized spacial score (nSPS) is 10.6. The van der Waals surface area contributed by atoms with Crippen LogP contribution >= 0.6 is 23.4 Å². The first kappa shape index (κ1) is 27.0. The molecule has 0 bridgehead atoms. The Kier molecular flexibility index (Phi) is 9.23. The van der Waals surface area contributed by atoms with Crippen molar-refractivity contribution < 1.29 is 23.8 Å². The van der Waals surface area contributed by atoms with E-state index in [9.17, 15) is 9.59 Å². The molecule has 38 heavy (non-hydrogen) atoms. The van der Waals surface area contributed by atoms with Gasteiger partial charge in [-0.1, -0.05) is 41.6 Å². The Morgan fingerprint density at radius 2 is 1.74 bits per heavy atom. The highest BCUT2D eigenvalue weighted by molar-refractivity contribution is 7.99. The lowest BCUT2D eigenvalue weighted by Gasteiger charge is -2.12. The molecule has 4 rings (SSSR count). The number of esters is 1. The first-order valence-electron chi connectivity index (χ1n) is 11.6. The molecule has 0 aliphatic rings. The Hall–Kier alpha value is -4.02. The zero-order valence-electron chi connectivity index (χ0n) is 20.7. The van der Waals surface area contributed by atoms with Gasteiger partial charge in [-0.15, -0.1) is 10.2 Å². The average molecular weight is 553 g/mol. The number of thioether (sulfide) groups is 1. The number of hydrogen-bond acceptors (Lipinski definition) is 8. The highest BCUT2D eigenvalue weighted by Crippen LogP contribution is 2.26. The van der Waals surface area contributed by atoms with Gasteiger partial charge < -0.3 is 19.5 Å². The van der Waals surface area contributed by atoms with Crippen molar-refractivity contribution in [2.75, 3.05) is 24.8 Å². The Balaban J connectivity index is 1.47. The summed E-state index contributed by atoms with van der Waals surface area (Å²) in [7, 11) is 1.60. The molecular weight excluding hydrogens is 528 g/mol. The molecule has 11 heteroatoms. The summed E-state index contributed by atoms with van der Waals surface area (Å²) >= 11 is 7.44. The van der Waals surface area contributed by atoms with Crippen molar-refractivity contribution in [1.29, 1.82) is 0 Å². The Morgan fingerprint density at radius 3 is 2.45 bits per heavy atom. The van der Waals surface area contributed by atoms with Crippen molar-refractivity contribution in [1.82, 2.24) is 14.8 Å². The van der Waals surface area contributed by atoms with E-state index in [2.05, 4.69) is 15.5 Å². The third-order valence-electron chi connectivity index (χ3n) is 5.23. The zero-order chi connectivity index (χ0) is 26.9. The monoisotopic (exact) mass is 552 g/mol. The van der Waals surface area contributed by atoms with Crippen LogP contribution in [0.3, 0.4) is 0 Å². The topological polar surface area (TPSA) is 105 Å². The SMILES string of the molecule is CCOC(=O)c1ccc(Cl)c(NC(=O)CSc2nnc(COc3ccc(OC)cc3)n2-c2ccccc2)c1. The lowest BCUT2D eigenvalue weighted by atomic mass is 10.2. The molecule has 196 valence electrons. The van der Waals surface area contributed by atoms with Crippen LogP contribution in [0.2, 0.25) is 5.02 Å². The number of hydrogen-bond donors (Lipinski definition) is 1. The van der Waals surface area contributed by atoms with E-state index in [4.69, 9.17) is 25.8 Å². The highest BCUT2D eigenvalue weighted by Gasteiger charge is 2.18. The number of aromatic nitrogens is 3. The lowest BCUT2D eigenvalue weighted by molar-refractivity contribution is -0.113. The quantitative estimate of drug-likeness (QED) is 0.194. The number of anilines is 1. The van der Waals surface area contributed by atoms with E-state index in [1.165, 1.54) is 23.9 Å². The molecule has 0 radical (unpaired) electrons. The molecule has 3 aromatic carbocycles.